The standard InChI is InChI=1S/C12H13NO4/c14-11(15)10-6-7-13(10)12(16)17-8-9-4-2-1-3-5-9/h1-5,10H,6-8H2,(H,14,15)/p-1/t10-/m0/s1. The van der Waals surface area contributed by atoms with Crippen LogP contribution in [0.1, 0.15) is 12.0 Å². The molecule has 1 saturated heterocycles. The third-order valence-corrected chi connectivity index (χ3v) is 2.73. The van der Waals surface area contributed by atoms with Crippen molar-refractivity contribution in [2.75, 3.05) is 6.54 Å². The van der Waals surface area contributed by atoms with E-state index in [1.54, 1.807) is 0 Å². The fourth-order valence-electron chi connectivity index (χ4n) is 1.65. The molecule has 0 saturated carbocycles. The SMILES string of the molecule is O=C([O-])[C@@H]1CCN1C(=O)OCc1ccccc1. The first-order valence-corrected chi connectivity index (χ1v) is 5.36. The molecule has 0 radical (unpaired) electrons. The Morgan fingerprint density at radius 2 is 2.06 bits per heavy atom. The lowest BCUT2D eigenvalue weighted by Crippen LogP contribution is -2.59. The number of amides is 1. The van der Waals surface area contributed by atoms with E-state index in [0.29, 0.717) is 13.0 Å². The van der Waals surface area contributed by atoms with Crippen molar-refractivity contribution in [2.45, 2.75) is 19.1 Å². The van der Waals surface area contributed by atoms with Gasteiger partial charge in [0.1, 0.15) is 6.61 Å². The van der Waals surface area contributed by atoms with Gasteiger partial charge in [-0.15, -0.1) is 0 Å². The maximum atomic E-state index is 11.5. The Bertz CT molecular complexity index is 418. The van der Waals surface area contributed by atoms with Crippen LogP contribution in [0.2, 0.25) is 0 Å². The summed E-state index contributed by atoms with van der Waals surface area (Å²) in [5.74, 6) is -1.23. The number of carbonyl (C=O) groups excluding carboxylic acids is 2. The Morgan fingerprint density at radius 1 is 1.35 bits per heavy atom. The van der Waals surface area contributed by atoms with Crippen molar-refractivity contribution >= 4 is 12.1 Å². The normalized spacial score (nSPS) is 18.4. The number of nitrogens with zero attached hydrogens (tertiary/aromatic N) is 1. The van der Waals surface area contributed by atoms with Crippen LogP contribution in [0.15, 0.2) is 30.3 Å². The van der Waals surface area contributed by atoms with Gasteiger partial charge in [0.15, 0.2) is 0 Å². The van der Waals surface area contributed by atoms with Gasteiger partial charge >= 0.3 is 6.09 Å². The lowest BCUT2D eigenvalue weighted by Gasteiger charge is -2.40. The minimum absolute atomic E-state index is 0.149. The maximum absolute atomic E-state index is 11.5. The van der Waals surface area contributed by atoms with Gasteiger partial charge in [-0.3, -0.25) is 4.90 Å². The molecular formula is C12H12NO4-. The molecule has 0 aliphatic carbocycles. The summed E-state index contributed by atoms with van der Waals surface area (Å²) in [7, 11) is 0. The highest BCUT2D eigenvalue weighted by Crippen LogP contribution is 2.18. The molecule has 0 N–H and O–H groups in total. The molecule has 1 fully saturated rings. The molecule has 17 heavy (non-hydrogen) atoms. The molecule has 1 aromatic rings. The zero-order valence-electron chi connectivity index (χ0n) is 9.17. The van der Waals surface area contributed by atoms with E-state index < -0.39 is 18.1 Å². The number of carbonyl (C=O) groups is 2. The Kier molecular flexibility index (Phi) is 3.27. The number of ether oxygens (including phenoxy) is 1. The van der Waals surface area contributed by atoms with Gasteiger partial charge in [0.2, 0.25) is 0 Å². The Morgan fingerprint density at radius 3 is 2.59 bits per heavy atom. The molecule has 1 aliphatic rings. The summed E-state index contributed by atoms with van der Waals surface area (Å²) in [6.45, 7) is 0.558. The van der Waals surface area contributed by atoms with E-state index >= 15 is 0 Å². The molecule has 2 rings (SSSR count). The van der Waals surface area contributed by atoms with Crippen molar-refractivity contribution in [1.82, 2.24) is 4.90 Å². The quantitative estimate of drug-likeness (QED) is 0.746. The first-order chi connectivity index (χ1) is 8.18. The summed E-state index contributed by atoms with van der Waals surface area (Å²) in [4.78, 5) is 23.3. The van der Waals surface area contributed by atoms with E-state index in [0.717, 1.165) is 10.5 Å². The first kappa shape index (κ1) is 11.4. The van der Waals surface area contributed by atoms with Crippen LogP contribution in [0, 0.1) is 0 Å². The number of rotatable bonds is 3. The number of carboxylic acids is 1. The van der Waals surface area contributed by atoms with E-state index in [1.807, 2.05) is 30.3 Å². The molecule has 1 amide bonds. The molecule has 1 heterocycles. The van der Waals surface area contributed by atoms with Crippen molar-refractivity contribution in [3.05, 3.63) is 35.9 Å². The van der Waals surface area contributed by atoms with Crippen LogP contribution in [0.3, 0.4) is 0 Å². The van der Waals surface area contributed by atoms with Crippen LogP contribution < -0.4 is 5.11 Å². The molecule has 5 nitrogen and oxygen atoms in total. The molecular weight excluding hydrogens is 222 g/mol. The highest BCUT2D eigenvalue weighted by Gasteiger charge is 2.34. The second-order valence-electron chi connectivity index (χ2n) is 3.86. The lowest BCUT2D eigenvalue weighted by atomic mass is 10.1. The van der Waals surface area contributed by atoms with Gasteiger partial charge in [-0.05, 0) is 12.0 Å². The highest BCUT2D eigenvalue weighted by atomic mass is 16.6. The number of hydrogen-bond acceptors (Lipinski definition) is 4. The summed E-state index contributed by atoms with van der Waals surface area (Å²) >= 11 is 0. The molecule has 90 valence electrons. The molecule has 0 bridgehead atoms. The molecule has 0 aromatic heterocycles. The Balaban J connectivity index is 1.84. The monoisotopic (exact) mass is 234 g/mol. The minimum Gasteiger partial charge on any atom is -0.548 e. The van der Waals surface area contributed by atoms with Gasteiger partial charge in [0.05, 0.1) is 12.0 Å². The molecule has 5 heteroatoms. The van der Waals surface area contributed by atoms with Crippen LogP contribution in [0.4, 0.5) is 4.79 Å². The van der Waals surface area contributed by atoms with Crippen LogP contribution in [0.5, 0.6) is 0 Å². The minimum atomic E-state index is -1.23. The smallest absolute Gasteiger partial charge is 0.410 e. The zero-order chi connectivity index (χ0) is 12.3. The molecule has 1 aliphatic heterocycles. The van der Waals surface area contributed by atoms with Crippen LogP contribution in [-0.2, 0) is 16.1 Å². The summed E-state index contributed by atoms with van der Waals surface area (Å²) < 4.78 is 5.01. The molecule has 1 atom stereocenters. The summed E-state index contributed by atoms with van der Waals surface area (Å²) in [5, 5.41) is 10.6. The Hall–Kier alpha value is -2.04. The Labute approximate surface area is 98.6 Å². The summed E-state index contributed by atoms with van der Waals surface area (Å²) in [6.07, 6.45) is -0.169. The van der Waals surface area contributed by atoms with Crippen LogP contribution >= 0.6 is 0 Å². The van der Waals surface area contributed by atoms with Gasteiger partial charge in [-0.25, -0.2) is 4.79 Å². The fourth-order valence-corrected chi connectivity index (χ4v) is 1.65. The predicted molar refractivity (Wildman–Crippen MR) is 56.7 cm³/mol. The molecule has 1 aromatic carbocycles. The van der Waals surface area contributed by atoms with E-state index in [2.05, 4.69) is 0 Å². The third kappa shape index (κ3) is 2.55. The van der Waals surface area contributed by atoms with Crippen LogP contribution in [0.25, 0.3) is 0 Å². The first-order valence-electron chi connectivity index (χ1n) is 5.36. The van der Waals surface area contributed by atoms with Crippen molar-refractivity contribution in [3.8, 4) is 0 Å². The molecule has 0 unspecified atom stereocenters. The van der Waals surface area contributed by atoms with Crippen molar-refractivity contribution < 1.29 is 19.4 Å². The van der Waals surface area contributed by atoms with E-state index in [4.69, 9.17) is 4.74 Å². The number of likely N-dealkylation sites (tertiary alicyclic amines) is 1. The average Bonchev–Trinajstić information content (AvgIpc) is 2.25. The average molecular weight is 234 g/mol. The highest BCUT2D eigenvalue weighted by molar-refractivity contribution is 5.80. The van der Waals surface area contributed by atoms with Gasteiger partial charge in [-0.1, -0.05) is 30.3 Å². The molecule has 0 spiro atoms. The van der Waals surface area contributed by atoms with Gasteiger partial charge in [-0.2, -0.15) is 0 Å². The van der Waals surface area contributed by atoms with E-state index in [9.17, 15) is 14.7 Å². The lowest BCUT2D eigenvalue weighted by molar-refractivity contribution is -0.314. The number of hydrogen-bond donors (Lipinski definition) is 0. The third-order valence-electron chi connectivity index (χ3n) is 2.73. The second kappa shape index (κ2) is 4.86. The van der Waals surface area contributed by atoms with Crippen LogP contribution in [-0.4, -0.2) is 29.5 Å². The van der Waals surface area contributed by atoms with Crippen molar-refractivity contribution in [3.63, 3.8) is 0 Å². The zero-order valence-corrected chi connectivity index (χ0v) is 9.17. The number of benzene rings is 1. The largest absolute Gasteiger partial charge is 0.548 e. The topological polar surface area (TPSA) is 69.7 Å². The van der Waals surface area contributed by atoms with Crippen molar-refractivity contribution in [1.29, 1.82) is 0 Å². The van der Waals surface area contributed by atoms with E-state index in [1.165, 1.54) is 0 Å². The summed E-state index contributed by atoms with van der Waals surface area (Å²) in [6, 6.07) is 8.39. The van der Waals surface area contributed by atoms with E-state index in [-0.39, 0.29) is 6.61 Å². The van der Waals surface area contributed by atoms with Crippen molar-refractivity contribution in [2.24, 2.45) is 0 Å². The number of aliphatic carboxylic acids is 1. The van der Waals surface area contributed by atoms with Gasteiger partial charge in [0, 0.05) is 6.54 Å². The maximum Gasteiger partial charge on any atom is 0.410 e. The number of carboxylic acid groups (broad SMARTS) is 1. The fraction of sp³-hybridized carbons (Fsp3) is 0.333. The van der Waals surface area contributed by atoms with Gasteiger partial charge in [0.25, 0.3) is 0 Å². The summed E-state index contributed by atoms with van der Waals surface area (Å²) in [5.41, 5.74) is 0.867. The predicted octanol–water partition coefficient (Wildman–Crippen LogP) is 0.147. The van der Waals surface area contributed by atoms with Gasteiger partial charge < -0.3 is 14.6 Å². The second-order valence-corrected chi connectivity index (χ2v) is 3.86.